The van der Waals surface area contributed by atoms with Crippen molar-refractivity contribution in [1.29, 1.82) is 0 Å². The quantitative estimate of drug-likeness (QED) is 0.177. The van der Waals surface area contributed by atoms with E-state index < -0.39 is 28.8 Å². The van der Waals surface area contributed by atoms with Crippen molar-refractivity contribution >= 4 is 16.9 Å². The van der Waals surface area contributed by atoms with E-state index in [1.165, 1.54) is 6.07 Å². The van der Waals surface area contributed by atoms with Crippen LogP contribution in [0.5, 0.6) is 23.0 Å². The molecule has 0 saturated carbocycles. The van der Waals surface area contributed by atoms with Gasteiger partial charge in [-0.25, -0.2) is 0 Å². The van der Waals surface area contributed by atoms with Gasteiger partial charge in [-0.05, 0) is 18.6 Å². The Kier molecular flexibility index (Phi) is 5.53. The third-order valence-corrected chi connectivity index (χ3v) is 5.88. The third kappa shape index (κ3) is 3.91. The first-order chi connectivity index (χ1) is 16.8. The summed E-state index contributed by atoms with van der Waals surface area (Å²) in [5.74, 6) is -2.11. The van der Waals surface area contributed by atoms with Crippen molar-refractivity contribution < 1.29 is 28.9 Å². The molecule has 2 heterocycles. The number of carbonyl (C=O) groups excluding carboxylic acids is 1. The van der Waals surface area contributed by atoms with Crippen LogP contribution in [0, 0.1) is 0 Å². The van der Waals surface area contributed by atoms with Crippen LogP contribution < -0.4 is 14.9 Å². The van der Waals surface area contributed by atoms with Crippen LogP contribution in [0.2, 0.25) is 0 Å². The van der Waals surface area contributed by atoms with Gasteiger partial charge in [0.05, 0.1) is 12.0 Å². The number of rotatable bonds is 5. The van der Waals surface area contributed by atoms with Crippen molar-refractivity contribution in [1.82, 2.24) is 0 Å². The number of hydrogen-bond acceptors (Lipinski definition) is 7. The van der Waals surface area contributed by atoms with Gasteiger partial charge in [-0.15, -0.1) is 0 Å². The van der Waals surface area contributed by atoms with Crippen molar-refractivity contribution in [2.45, 2.75) is 19.3 Å². The molecule has 1 atom stereocenters. The molecule has 0 amide bonds. The highest BCUT2D eigenvalue weighted by molar-refractivity contribution is 5.96. The predicted octanol–water partition coefficient (Wildman–Crippen LogP) is 5.27. The highest BCUT2D eigenvalue weighted by Crippen LogP contribution is 2.53. The first-order valence-electron chi connectivity index (χ1n) is 11.0. The topological polar surface area (TPSA) is 106 Å². The summed E-state index contributed by atoms with van der Waals surface area (Å²) in [4.78, 5) is 25.7. The SMILES string of the molecule is C=C(C)COc1ccccc1[C@@H]1CC(=O)Oc2c(O)c(O)c3c(=O)cc(-c4ccccc4)oc3c21. The molecule has 1 aliphatic rings. The Morgan fingerprint density at radius 1 is 1.06 bits per heavy atom. The number of aromatic hydroxyl groups is 2. The van der Waals surface area contributed by atoms with Gasteiger partial charge in [0.25, 0.3) is 0 Å². The highest BCUT2D eigenvalue weighted by atomic mass is 16.5. The number of hydrogen-bond donors (Lipinski definition) is 2. The van der Waals surface area contributed by atoms with Gasteiger partial charge in [0.2, 0.25) is 5.75 Å². The molecule has 0 unspecified atom stereocenters. The van der Waals surface area contributed by atoms with Gasteiger partial charge in [0.1, 0.15) is 29.1 Å². The van der Waals surface area contributed by atoms with Crippen LogP contribution in [-0.4, -0.2) is 22.8 Å². The molecule has 7 nitrogen and oxygen atoms in total. The molecule has 1 aromatic heterocycles. The van der Waals surface area contributed by atoms with Crippen LogP contribution in [0.1, 0.15) is 30.4 Å². The lowest BCUT2D eigenvalue weighted by Gasteiger charge is -2.28. The first kappa shape index (κ1) is 22.3. The van der Waals surface area contributed by atoms with Crippen molar-refractivity contribution in [2.75, 3.05) is 6.61 Å². The number of fused-ring (bicyclic) bond motifs is 3. The molecule has 0 saturated heterocycles. The maximum Gasteiger partial charge on any atom is 0.312 e. The molecule has 5 rings (SSSR count). The first-order valence-corrected chi connectivity index (χ1v) is 11.0. The predicted molar refractivity (Wildman–Crippen MR) is 130 cm³/mol. The van der Waals surface area contributed by atoms with E-state index in [4.69, 9.17) is 13.9 Å². The lowest BCUT2D eigenvalue weighted by molar-refractivity contribution is -0.135. The second-order valence-electron chi connectivity index (χ2n) is 8.50. The Morgan fingerprint density at radius 2 is 1.77 bits per heavy atom. The van der Waals surface area contributed by atoms with Gasteiger partial charge in [-0.3, -0.25) is 9.59 Å². The second kappa shape index (κ2) is 8.68. The number of carbonyl (C=O) groups is 1. The van der Waals surface area contributed by atoms with Gasteiger partial charge in [0, 0.05) is 23.1 Å². The molecule has 35 heavy (non-hydrogen) atoms. The average Bonchev–Trinajstić information content (AvgIpc) is 2.85. The molecular weight excluding hydrogens is 448 g/mol. The molecule has 176 valence electrons. The van der Waals surface area contributed by atoms with Gasteiger partial charge in [0.15, 0.2) is 16.9 Å². The molecule has 0 fully saturated rings. The average molecular weight is 470 g/mol. The zero-order chi connectivity index (χ0) is 24.7. The van der Waals surface area contributed by atoms with E-state index in [0.29, 0.717) is 16.9 Å². The van der Waals surface area contributed by atoms with Crippen LogP contribution in [0.4, 0.5) is 0 Å². The summed E-state index contributed by atoms with van der Waals surface area (Å²) in [6.45, 7) is 5.97. The second-order valence-corrected chi connectivity index (χ2v) is 8.50. The fourth-order valence-corrected chi connectivity index (χ4v) is 4.32. The van der Waals surface area contributed by atoms with Crippen LogP contribution in [-0.2, 0) is 4.79 Å². The molecule has 0 bridgehead atoms. The molecule has 1 aliphatic heterocycles. The minimum Gasteiger partial charge on any atom is -0.504 e. The lowest BCUT2D eigenvalue weighted by Crippen LogP contribution is -2.22. The van der Waals surface area contributed by atoms with E-state index >= 15 is 0 Å². The molecule has 3 aromatic carbocycles. The Labute approximate surface area is 200 Å². The molecule has 4 aromatic rings. The summed E-state index contributed by atoms with van der Waals surface area (Å²) in [5.41, 5.74) is 1.90. The number of esters is 1. The van der Waals surface area contributed by atoms with Crippen molar-refractivity contribution in [3.8, 4) is 34.3 Å². The molecule has 7 heteroatoms. The molecule has 0 radical (unpaired) electrons. The maximum atomic E-state index is 13.1. The summed E-state index contributed by atoms with van der Waals surface area (Å²) < 4.78 is 17.5. The van der Waals surface area contributed by atoms with E-state index in [9.17, 15) is 19.8 Å². The smallest absolute Gasteiger partial charge is 0.312 e. The summed E-state index contributed by atoms with van der Waals surface area (Å²) in [6.07, 6.45) is -0.0843. The van der Waals surface area contributed by atoms with Crippen LogP contribution in [0.15, 0.2) is 82.0 Å². The van der Waals surface area contributed by atoms with Gasteiger partial charge in [-0.1, -0.05) is 55.1 Å². The number of phenols is 2. The Bertz CT molecular complexity index is 1530. The van der Waals surface area contributed by atoms with Gasteiger partial charge < -0.3 is 24.1 Å². The summed E-state index contributed by atoms with van der Waals surface area (Å²) >= 11 is 0. The van der Waals surface area contributed by atoms with Crippen LogP contribution in [0.3, 0.4) is 0 Å². The Morgan fingerprint density at radius 3 is 2.51 bits per heavy atom. The van der Waals surface area contributed by atoms with Crippen molar-refractivity contribution in [2.24, 2.45) is 0 Å². The Hall–Kier alpha value is -4.52. The largest absolute Gasteiger partial charge is 0.504 e. The van der Waals surface area contributed by atoms with E-state index in [-0.39, 0.29) is 41.1 Å². The fourth-order valence-electron chi connectivity index (χ4n) is 4.32. The van der Waals surface area contributed by atoms with E-state index in [1.54, 1.807) is 36.4 Å². The summed E-state index contributed by atoms with van der Waals surface area (Å²) in [6, 6.07) is 17.5. The molecule has 0 spiro atoms. The zero-order valence-electron chi connectivity index (χ0n) is 18.9. The van der Waals surface area contributed by atoms with E-state index in [0.717, 1.165) is 5.57 Å². The summed E-state index contributed by atoms with van der Waals surface area (Å²) in [5, 5.41) is 21.2. The lowest BCUT2D eigenvalue weighted by atomic mass is 9.84. The number of para-hydroxylation sites is 1. The van der Waals surface area contributed by atoms with E-state index in [1.807, 2.05) is 25.1 Å². The normalized spacial score (nSPS) is 14.9. The number of benzene rings is 3. The van der Waals surface area contributed by atoms with Crippen molar-refractivity contribution in [3.05, 3.63) is 94.2 Å². The monoisotopic (exact) mass is 470 g/mol. The zero-order valence-corrected chi connectivity index (χ0v) is 18.9. The molecule has 0 aliphatic carbocycles. The maximum absolute atomic E-state index is 13.1. The minimum absolute atomic E-state index is 0.0360. The van der Waals surface area contributed by atoms with Crippen molar-refractivity contribution in [3.63, 3.8) is 0 Å². The standard InChI is InChI=1S/C28H22O7/c1-15(2)14-33-20-11-7-6-10-17(20)18-12-22(30)35-28-23(18)27-24(25(31)26(28)32)19(29)13-21(34-27)16-8-4-3-5-9-16/h3-11,13,18,31-32H,1,12,14H2,2H3/t18-/m0/s1. The highest BCUT2D eigenvalue weighted by Gasteiger charge is 2.37. The number of phenolic OH excluding ortho intramolecular Hbond substituents is 2. The van der Waals surface area contributed by atoms with Crippen LogP contribution in [0.25, 0.3) is 22.3 Å². The Balaban J connectivity index is 1.81. The van der Waals surface area contributed by atoms with Crippen LogP contribution >= 0.6 is 0 Å². The van der Waals surface area contributed by atoms with Gasteiger partial charge in [-0.2, -0.15) is 0 Å². The fraction of sp³-hybridized carbons (Fsp3) is 0.143. The summed E-state index contributed by atoms with van der Waals surface area (Å²) in [7, 11) is 0. The molecule has 2 N–H and O–H groups in total. The minimum atomic E-state index is -0.702. The van der Waals surface area contributed by atoms with Gasteiger partial charge >= 0.3 is 5.97 Å². The number of ether oxygens (including phenoxy) is 2. The van der Waals surface area contributed by atoms with E-state index in [2.05, 4.69) is 6.58 Å². The third-order valence-electron chi connectivity index (χ3n) is 5.88. The molecular formula is C28H22O7.